The molecule has 4 bridgehead atoms. The topological polar surface area (TPSA) is 44.3 Å². The second kappa shape index (κ2) is 17.8. The van der Waals surface area contributed by atoms with E-state index < -0.39 is 0 Å². The average Bonchev–Trinajstić information content (AvgIpc) is 3.74. The summed E-state index contributed by atoms with van der Waals surface area (Å²) in [5.41, 5.74) is 6.80. The number of benzene rings is 2. The van der Waals surface area contributed by atoms with Crippen LogP contribution in [0.1, 0.15) is 146 Å². The van der Waals surface area contributed by atoms with Gasteiger partial charge in [-0.3, -0.25) is 0 Å². The van der Waals surface area contributed by atoms with Crippen molar-refractivity contribution in [1.82, 2.24) is 10.6 Å². The van der Waals surface area contributed by atoms with Gasteiger partial charge in [-0.05, 0) is 190 Å². The van der Waals surface area contributed by atoms with E-state index in [1.807, 2.05) is 6.07 Å². The summed E-state index contributed by atoms with van der Waals surface area (Å²) in [4.78, 5) is 0. The van der Waals surface area contributed by atoms with E-state index in [1.54, 1.807) is 0 Å². The van der Waals surface area contributed by atoms with E-state index >= 15 is 0 Å². The van der Waals surface area contributed by atoms with Gasteiger partial charge in [0.2, 0.25) is 0 Å². The fraction of sp³-hybridized carbons (Fsp3) is 0.720. The molecule has 2 aromatic rings. The Hall–Kier alpha value is -1.40. The Morgan fingerprint density at radius 3 is 2.55 bits per heavy atom. The molecule has 6 aliphatic rings. The lowest BCUT2D eigenvalue weighted by Gasteiger charge is -2.61. The number of nitrogens with one attached hydrogen (secondary N) is 2. The molecule has 8 rings (SSSR count). The molecule has 9 atom stereocenters. The van der Waals surface area contributed by atoms with Crippen LogP contribution in [0.4, 0.5) is 0 Å². The Bertz CT molecular complexity index is 1600. The number of allylic oxidation sites excluding steroid dienone is 2. The number of phenols is 1. The second-order valence-electron chi connectivity index (χ2n) is 20.3. The fourth-order valence-corrected chi connectivity index (χ4v) is 16.7. The summed E-state index contributed by atoms with van der Waals surface area (Å²) in [6.45, 7) is 10.6. The van der Waals surface area contributed by atoms with Crippen LogP contribution in [-0.2, 0) is 19.4 Å². The molecule has 4 saturated carbocycles. The molecule has 3 spiro atoms. The lowest BCUT2D eigenvalue weighted by atomic mass is 9.44. The predicted molar refractivity (Wildman–Crippen MR) is 238 cm³/mol. The number of aromatic hydroxyl groups is 1. The van der Waals surface area contributed by atoms with Crippen molar-refractivity contribution < 1.29 is 5.11 Å². The molecule has 3 N–H and O–H groups in total. The summed E-state index contributed by atoms with van der Waals surface area (Å²) in [6, 6.07) is 16.1. The summed E-state index contributed by atoms with van der Waals surface area (Å²) in [6.07, 6.45) is 30.1. The highest BCUT2D eigenvalue weighted by Gasteiger charge is 2.63. The summed E-state index contributed by atoms with van der Waals surface area (Å²) in [5, 5.41) is 19.2. The van der Waals surface area contributed by atoms with Crippen LogP contribution in [0.15, 0.2) is 54.6 Å². The Morgan fingerprint density at radius 1 is 0.891 bits per heavy atom. The zero-order chi connectivity index (χ0) is 37.9. The third-order valence-corrected chi connectivity index (χ3v) is 18.8. The molecule has 0 saturated heterocycles. The summed E-state index contributed by atoms with van der Waals surface area (Å²) >= 11 is 0. The summed E-state index contributed by atoms with van der Waals surface area (Å²) in [5.74, 6) is 7.52. The zero-order valence-electron chi connectivity index (χ0n) is 34.8. The van der Waals surface area contributed by atoms with Crippen LogP contribution in [0.3, 0.4) is 0 Å². The molecule has 0 radical (unpaired) electrons. The summed E-state index contributed by atoms with van der Waals surface area (Å²) in [7, 11) is 4.27. The van der Waals surface area contributed by atoms with E-state index in [1.165, 1.54) is 144 Å². The highest BCUT2D eigenvalue weighted by Crippen LogP contribution is 2.72. The van der Waals surface area contributed by atoms with Gasteiger partial charge < -0.3 is 15.7 Å². The third kappa shape index (κ3) is 9.26. The van der Waals surface area contributed by atoms with Gasteiger partial charge in [0.05, 0.1) is 0 Å². The molecule has 1 heterocycles. The van der Waals surface area contributed by atoms with Crippen molar-refractivity contribution in [1.29, 1.82) is 0 Å². The Balaban J connectivity index is 1.12. The monoisotopic (exact) mass is 783 g/mol. The number of rotatable bonds is 7. The minimum Gasteiger partial charge on any atom is -0.508 e. The number of phenolic OH excluding ortho intramolecular Hbond substituents is 1. The molecule has 55 heavy (non-hydrogen) atoms. The van der Waals surface area contributed by atoms with Gasteiger partial charge in [0.1, 0.15) is 5.75 Å². The van der Waals surface area contributed by atoms with E-state index in [-0.39, 0.29) is 0 Å². The molecular weight excluding hydrogens is 709 g/mol. The lowest BCUT2D eigenvalue weighted by molar-refractivity contribution is -0.0844. The summed E-state index contributed by atoms with van der Waals surface area (Å²) < 4.78 is 0. The van der Waals surface area contributed by atoms with Crippen LogP contribution in [-0.4, -0.2) is 35.7 Å². The maximum absolute atomic E-state index is 11.3. The highest BCUT2D eigenvalue weighted by atomic mass is 33.1. The number of fused-ring (bicyclic) bond motifs is 8. The molecule has 5 aliphatic carbocycles. The fourth-order valence-electron chi connectivity index (χ4n) is 14.0. The normalized spacial score (nSPS) is 36.2. The molecule has 302 valence electrons. The Labute approximate surface area is 343 Å². The smallest absolute Gasteiger partial charge is 0.116 e. The first-order valence-electron chi connectivity index (χ1n) is 23.0. The standard InChI is InChI=1S/C50H74N2OS2/c1-4-5-6-11-19-51-31-44-28-48(34-49(44)16-9-10-17-49)29-46-43-22-39-20-38(24-45(53)25-39)21-41-14-7-8-15-42(41)30-52-37(3)32-54-55-33-40(23-43)26-47(46)50(35-48)18-12-13-36(2)27-50/h7-8,12,14-15,18,20,24-25,36-37,40,43-44,46-47,51-53H,4-6,9-11,13,16-17,19,21-23,26-35H2,1-3H3. The van der Waals surface area contributed by atoms with Crippen LogP contribution in [0.2, 0.25) is 0 Å². The van der Waals surface area contributed by atoms with Crippen molar-refractivity contribution in [3.8, 4) is 5.75 Å². The molecule has 1 aliphatic heterocycles. The number of hydrogen-bond donors (Lipinski definition) is 3. The average molecular weight is 783 g/mol. The first kappa shape index (κ1) is 40.4. The highest BCUT2D eigenvalue weighted by molar-refractivity contribution is 8.76. The van der Waals surface area contributed by atoms with Crippen molar-refractivity contribution in [2.45, 2.75) is 149 Å². The van der Waals surface area contributed by atoms with E-state index in [0.29, 0.717) is 34.0 Å². The van der Waals surface area contributed by atoms with Gasteiger partial charge in [0, 0.05) is 24.1 Å². The molecule has 9 unspecified atom stereocenters. The minimum absolute atomic E-state index is 0.350. The third-order valence-electron chi connectivity index (χ3n) is 16.0. The number of unbranched alkanes of at least 4 members (excludes halogenated alkanes) is 3. The predicted octanol–water partition coefficient (Wildman–Crippen LogP) is 12.6. The van der Waals surface area contributed by atoms with Crippen molar-refractivity contribution in [2.75, 3.05) is 24.6 Å². The van der Waals surface area contributed by atoms with E-state index in [2.05, 4.69) is 102 Å². The second-order valence-corrected chi connectivity index (χ2v) is 22.9. The zero-order valence-corrected chi connectivity index (χ0v) is 36.4. The van der Waals surface area contributed by atoms with E-state index in [0.717, 1.165) is 54.7 Å². The first-order valence-corrected chi connectivity index (χ1v) is 25.5. The van der Waals surface area contributed by atoms with Gasteiger partial charge in [-0.2, -0.15) is 0 Å². The van der Waals surface area contributed by atoms with Crippen molar-refractivity contribution in [3.63, 3.8) is 0 Å². The van der Waals surface area contributed by atoms with Gasteiger partial charge in [0.15, 0.2) is 0 Å². The van der Waals surface area contributed by atoms with E-state index in [9.17, 15) is 5.11 Å². The maximum Gasteiger partial charge on any atom is 0.116 e. The maximum atomic E-state index is 11.3. The molecule has 0 aromatic heterocycles. The first-order chi connectivity index (χ1) is 26.8. The van der Waals surface area contributed by atoms with Gasteiger partial charge in [0.25, 0.3) is 0 Å². The SMILES string of the molecule is CCCCCCNCC1CC2(CC3C4Cc5cc(O)cc(c5)Cc5ccccc5CNC(C)CSSCC(C4)CC3C3(C=CCC(C)C3)C2)CC12CCCC2. The molecule has 4 fully saturated rings. The molecular formula is C50H74N2OS2. The quantitative estimate of drug-likeness (QED) is 0.148. The van der Waals surface area contributed by atoms with Gasteiger partial charge in [-0.25, -0.2) is 0 Å². The van der Waals surface area contributed by atoms with E-state index in [4.69, 9.17) is 0 Å². The van der Waals surface area contributed by atoms with Crippen LogP contribution in [0.25, 0.3) is 0 Å². The number of hydrogen-bond acceptors (Lipinski definition) is 5. The lowest BCUT2D eigenvalue weighted by Crippen LogP contribution is -2.52. The Morgan fingerprint density at radius 2 is 1.71 bits per heavy atom. The molecule has 5 heteroatoms. The molecule has 2 aromatic carbocycles. The molecule has 3 nitrogen and oxygen atoms in total. The van der Waals surface area contributed by atoms with Crippen LogP contribution < -0.4 is 10.6 Å². The van der Waals surface area contributed by atoms with Gasteiger partial charge >= 0.3 is 0 Å². The van der Waals surface area contributed by atoms with Crippen molar-refractivity contribution >= 4 is 21.6 Å². The van der Waals surface area contributed by atoms with Crippen molar-refractivity contribution in [2.24, 2.45) is 51.8 Å². The van der Waals surface area contributed by atoms with Crippen molar-refractivity contribution in [3.05, 3.63) is 76.9 Å². The van der Waals surface area contributed by atoms with Gasteiger partial charge in [-0.1, -0.05) is 110 Å². The van der Waals surface area contributed by atoms with Crippen LogP contribution >= 0.6 is 21.6 Å². The van der Waals surface area contributed by atoms with Crippen LogP contribution in [0, 0.1) is 51.8 Å². The van der Waals surface area contributed by atoms with Crippen LogP contribution in [0.5, 0.6) is 5.75 Å². The largest absolute Gasteiger partial charge is 0.508 e. The molecule has 0 amide bonds. The minimum atomic E-state index is 0.350. The Kier molecular flexibility index (Phi) is 13.1. The van der Waals surface area contributed by atoms with Gasteiger partial charge in [-0.15, -0.1) is 0 Å².